The largest absolute Gasteiger partial charge is 0.289 e. The molecule has 0 spiro atoms. The number of rotatable bonds is 7. The number of hydrogen-bond donors (Lipinski definition) is 1. The van der Waals surface area contributed by atoms with Gasteiger partial charge in [-0.25, -0.2) is 5.01 Å². The minimum atomic E-state index is 0.0972. The monoisotopic (exact) mass is 408 g/mol. The van der Waals surface area contributed by atoms with Gasteiger partial charge in [-0.05, 0) is 19.3 Å². The lowest BCUT2D eigenvalue weighted by Crippen LogP contribution is -2.48. The second-order valence-electron chi connectivity index (χ2n) is 9.46. The molecule has 29 heavy (non-hydrogen) atoms. The van der Waals surface area contributed by atoms with Crippen molar-refractivity contribution in [3.63, 3.8) is 0 Å². The van der Waals surface area contributed by atoms with Crippen molar-refractivity contribution in [1.29, 1.82) is 0 Å². The number of nitrogens with zero attached hydrogens (tertiary/aromatic N) is 1. The predicted octanol–water partition coefficient (Wildman–Crippen LogP) is 7.93. The Bertz CT molecular complexity index is 354. The first-order chi connectivity index (χ1) is 14.2. The minimum absolute atomic E-state index is 0.0972. The first kappa shape index (κ1) is 26.5. The average Bonchev–Trinajstić information content (AvgIpc) is 2.70. The highest BCUT2D eigenvalue weighted by Crippen LogP contribution is 2.20. The Labute approximate surface area is 182 Å². The molecule has 1 amide bonds. The number of nitrogens with one attached hydrogen (secondary N) is 1. The van der Waals surface area contributed by atoms with E-state index in [2.05, 4.69) is 17.4 Å². The Kier molecular flexibility index (Phi) is 17.7. The Morgan fingerprint density at radius 1 is 0.690 bits per heavy atom. The van der Waals surface area contributed by atoms with Crippen LogP contribution in [0.1, 0.15) is 149 Å². The number of carbonyl (C=O) groups excluding carboxylic acids is 1. The molecule has 3 heteroatoms. The lowest BCUT2D eigenvalue weighted by Gasteiger charge is -2.32. The van der Waals surface area contributed by atoms with Crippen molar-refractivity contribution >= 4 is 5.91 Å². The molecule has 0 aromatic carbocycles. The van der Waals surface area contributed by atoms with E-state index in [0.717, 1.165) is 6.54 Å². The van der Waals surface area contributed by atoms with E-state index in [1.165, 1.54) is 135 Å². The zero-order valence-electron chi connectivity index (χ0n) is 20.0. The first-order valence-electron chi connectivity index (χ1n) is 13.3. The molecule has 172 valence electrons. The van der Waals surface area contributed by atoms with Gasteiger partial charge in [0.2, 0.25) is 5.91 Å². The third-order valence-electron chi connectivity index (χ3n) is 6.57. The molecule has 0 aliphatic heterocycles. The molecule has 0 aromatic rings. The highest BCUT2D eigenvalue weighted by molar-refractivity contribution is 5.72. The van der Waals surface area contributed by atoms with Crippen LogP contribution in [0, 0.1) is 0 Å². The maximum atomic E-state index is 11.8. The van der Waals surface area contributed by atoms with Gasteiger partial charge in [-0.2, -0.15) is 0 Å². The van der Waals surface area contributed by atoms with Crippen LogP contribution in [0.5, 0.6) is 0 Å². The zero-order valence-corrected chi connectivity index (χ0v) is 20.0. The van der Waals surface area contributed by atoms with Gasteiger partial charge in [-0.3, -0.25) is 10.2 Å². The molecule has 1 rings (SSSR count). The predicted molar refractivity (Wildman–Crippen MR) is 127 cm³/mol. The van der Waals surface area contributed by atoms with E-state index < -0.39 is 0 Å². The van der Waals surface area contributed by atoms with Gasteiger partial charge in [0, 0.05) is 19.5 Å². The molecule has 1 aliphatic rings. The van der Waals surface area contributed by atoms with Crippen LogP contribution in [0.4, 0.5) is 0 Å². The number of hydrogen-bond acceptors (Lipinski definition) is 2. The summed E-state index contributed by atoms with van der Waals surface area (Å²) < 4.78 is 0. The van der Waals surface area contributed by atoms with Crippen molar-refractivity contribution < 1.29 is 4.79 Å². The summed E-state index contributed by atoms with van der Waals surface area (Å²) >= 11 is 0. The lowest BCUT2D eigenvalue weighted by molar-refractivity contribution is -0.125. The van der Waals surface area contributed by atoms with Gasteiger partial charge in [0.15, 0.2) is 0 Å². The number of hydrazine groups is 1. The Morgan fingerprint density at radius 2 is 1.10 bits per heavy atom. The maximum absolute atomic E-state index is 11.8. The number of unbranched alkanes of at least 4 members (excludes halogenated alkanes) is 3. The molecular weight excluding hydrogens is 356 g/mol. The van der Waals surface area contributed by atoms with E-state index in [0.29, 0.717) is 6.04 Å². The summed E-state index contributed by atoms with van der Waals surface area (Å²) in [4.78, 5) is 11.8. The van der Waals surface area contributed by atoms with Crippen LogP contribution in [0.3, 0.4) is 0 Å². The summed E-state index contributed by atoms with van der Waals surface area (Å²) in [6.07, 6.45) is 28.6. The standard InChI is InChI=1S/C26H52N2O/c1-3-4-5-21-24-28(27-25(2)29)26-22-19-17-15-13-11-9-7-6-8-10-12-14-16-18-20-23-26/h26H,3-24H2,1-2H3,(H,27,29). The molecule has 0 aromatic heterocycles. The fourth-order valence-electron chi connectivity index (χ4n) is 4.75. The highest BCUT2D eigenvalue weighted by Gasteiger charge is 2.18. The van der Waals surface area contributed by atoms with Gasteiger partial charge >= 0.3 is 0 Å². The molecule has 1 aliphatic carbocycles. The van der Waals surface area contributed by atoms with Gasteiger partial charge in [0.05, 0.1) is 0 Å². The fourth-order valence-corrected chi connectivity index (χ4v) is 4.75. The van der Waals surface area contributed by atoms with Crippen LogP contribution in [-0.4, -0.2) is 23.5 Å². The van der Waals surface area contributed by atoms with Crippen LogP contribution in [0.2, 0.25) is 0 Å². The van der Waals surface area contributed by atoms with Crippen molar-refractivity contribution in [2.24, 2.45) is 0 Å². The average molecular weight is 409 g/mol. The molecule has 0 heterocycles. The molecule has 1 N–H and O–H groups in total. The quantitative estimate of drug-likeness (QED) is 0.342. The molecule has 0 unspecified atom stereocenters. The van der Waals surface area contributed by atoms with E-state index in [9.17, 15) is 4.79 Å². The van der Waals surface area contributed by atoms with Gasteiger partial charge in [-0.15, -0.1) is 0 Å². The molecular formula is C26H52N2O. The summed E-state index contributed by atoms with van der Waals surface area (Å²) in [5, 5.41) is 2.32. The Balaban J connectivity index is 2.52. The highest BCUT2D eigenvalue weighted by atomic mass is 16.2. The zero-order chi connectivity index (χ0) is 21.0. The van der Waals surface area contributed by atoms with Crippen molar-refractivity contribution in [3.05, 3.63) is 0 Å². The normalized spacial score (nSPS) is 20.1. The summed E-state index contributed by atoms with van der Waals surface area (Å²) in [5.74, 6) is 0.0972. The van der Waals surface area contributed by atoms with E-state index in [1.54, 1.807) is 6.92 Å². The summed E-state index contributed by atoms with van der Waals surface area (Å²) in [6.45, 7) is 4.95. The molecule has 0 saturated heterocycles. The van der Waals surface area contributed by atoms with Gasteiger partial charge in [0.25, 0.3) is 0 Å². The van der Waals surface area contributed by atoms with Crippen molar-refractivity contribution in [1.82, 2.24) is 10.4 Å². The van der Waals surface area contributed by atoms with E-state index in [4.69, 9.17) is 0 Å². The summed E-state index contributed by atoms with van der Waals surface area (Å²) in [7, 11) is 0. The van der Waals surface area contributed by atoms with E-state index in [1.807, 2.05) is 0 Å². The molecule has 3 nitrogen and oxygen atoms in total. The second kappa shape index (κ2) is 19.4. The maximum Gasteiger partial charge on any atom is 0.231 e. The van der Waals surface area contributed by atoms with Crippen LogP contribution in [-0.2, 0) is 4.79 Å². The third kappa shape index (κ3) is 15.9. The first-order valence-corrected chi connectivity index (χ1v) is 13.3. The minimum Gasteiger partial charge on any atom is -0.289 e. The lowest BCUT2D eigenvalue weighted by atomic mass is 9.98. The van der Waals surface area contributed by atoms with Crippen molar-refractivity contribution in [2.45, 2.75) is 155 Å². The molecule has 0 atom stereocenters. The summed E-state index contributed by atoms with van der Waals surface area (Å²) in [5.41, 5.74) is 3.19. The number of amides is 1. The van der Waals surface area contributed by atoms with Crippen molar-refractivity contribution in [3.8, 4) is 0 Å². The molecule has 1 fully saturated rings. The SMILES string of the molecule is CCCCCCN(NC(C)=O)C1CCCCCCCCCCCCCCCCC1. The van der Waals surface area contributed by atoms with Crippen LogP contribution >= 0.6 is 0 Å². The van der Waals surface area contributed by atoms with E-state index in [-0.39, 0.29) is 5.91 Å². The smallest absolute Gasteiger partial charge is 0.231 e. The summed E-state index contributed by atoms with van der Waals surface area (Å²) in [6, 6.07) is 0.527. The Morgan fingerprint density at radius 3 is 1.48 bits per heavy atom. The van der Waals surface area contributed by atoms with Gasteiger partial charge < -0.3 is 0 Å². The van der Waals surface area contributed by atoms with E-state index >= 15 is 0 Å². The van der Waals surface area contributed by atoms with Crippen LogP contribution in [0.15, 0.2) is 0 Å². The van der Waals surface area contributed by atoms with Crippen molar-refractivity contribution in [2.75, 3.05) is 6.54 Å². The molecule has 1 saturated carbocycles. The molecule has 0 bridgehead atoms. The second-order valence-corrected chi connectivity index (χ2v) is 9.46. The van der Waals surface area contributed by atoms with Crippen LogP contribution in [0.25, 0.3) is 0 Å². The topological polar surface area (TPSA) is 32.3 Å². The van der Waals surface area contributed by atoms with Crippen LogP contribution < -0.4 is 5.43 Å². The Hall–Kier alpha value is -0.570. The van der Waals surface area contributed by atoms with Gasteiger partial charge in [0.1, 0.15) is 0 Å². The fraction of sp³-hybridized carbons (Fsp3) is 0.962. The molecule has 0 radical (unpaired) electrons. The third-order valence-corrected chi connectivity index (χ3v) is 6.57. The number of carbonyl (C=O) groups is 1. The van der Waals surface area contributed by atoms with Gasteiger partial charge in [-0.1, -0.05) is 122 Å².